The van der Waals surface area contributed by atoms with E-state index < -0.39 is 0 Å². The number of piperidine rings is 1. The van der Waals surface area contributed by atoms with E-state index in [4.69, 9.17) is 32.7 Å². The molecule has 1 aliphatic rings. The minimum Gasteiger partial charge on any atom is -0.493 e. The van der Waals surface area contributed by atoms with Crippen molar-refractivity contribution in [3.8, 4) is 11.5 Å². The monoisotopic (exact) mass is 488 g/mol. The molecule has 0 bridgehead atoms. The lowest BCUT2D eigenvalue weighted by Gasteiger charge is -2.29. The molecule has 0 amide bonds. The topological polar surface area (TPSA) is 33.7 Å². The fourth-order valence-corrected chi connectivity index (χ4v) is 4.55. The van der Waals surface area contributed by atoms with Crippen molar-refractivity contribution in [1.82, 2.24) is 0 Å². The van der Waals surface area contributed by atoms with Crippen LogP contribution in [0.3, 0.4) is 0 Å². The van der Waals surface area contributed by atoms with Crippen LogP contribution in [0.5, 0.6) is 11.5 Å². The van der Waals surface area contributed by atoms with Crippen LogP contribution in [0, 0.1) is 5.82 Å². The van der Waals surface area contributed by atoms with Gasteiger partial charge in [-0.05, 0) is 72.9 Å². The van der Waals surface area contributed by atoms with E-state index in [1.807, 2.05) is 18.2 Å². The Morgan fingerprint density at radius 2 is 1.67 bits per heavy atom. The Labute approximate surface area is 204 Å². The second kappa shape index (κ2) is 11.0. The van der Waals surface area contributed by atoms with Gasteiger partial charge in [0.1, 0.15) is 12.4 Å². The van der Waals surface area contributed by atoms with Gasteiger partial charge in [0.2, 0.25) is 0 Å². The summed E-state index contributed by atoms with van der Waals surface area (Å²) < 4.78 is 24.5. The maximum absolute atomic E-state index is 13.1. The second-order valence-electron chi connectivity index (χ2n) is 8.09. The molecule has 4 nitrogen and oxygen atoms in total. The molecule has 33 heavy (non-hydrogen) atoms. The molecular weight excluding hydrogens is 462 g/mol. The second-order valence-corrected chi connectivity index (χ2v) is 8.91. The summed E-state index contributed by atoms with van der Waals surface area (Å²) in [7, 11) is 1.58. The van der Waals surface area contributed by atoms with Crippen LogP contribution < -0.4 is 19.7 Å². The average molecular weight is 489 g/mol. The van der Waals surface area contributed by atoms with Crippen LogP contribution in [-0.2, 0) is 13.2 Å². The Kier molecular flexibility index (Phi) is 7.84. The Hall–Kier alpha value is -2.63. The first kappa shape index (κ1) is 23.5. The fraction of sp³-hybridized carbons (Fsp3) is 0.308. The van der Waals surface area contributed by atoms with Gasteiger partial charge in [0.05, 0.1) is 22.8 Å². The highest BCUT2D eigenvalue weighted by Crippen LogP contribution is 2.37. The summed E-state index contributed by atoms with van der Waals surface area (Å²) >= 11 is 13.1. The van der Waals surface area contributed by atoms with Crippen LogP contribution in [0.1, 0.15) is 30.4 Å². The molecule has 7 heteroatoms. The third-order valence-electron chi connectivity index (χ3n) is 5.73. The minimum absolute atomic E-state index is 0.260. The molecule has 1 saturated heterocycles. The van der Waals surface area contributed by atoms with E-state index in [1.165, 1.54) is 31.4 Å². The van der Waals surface area contributed by atoms with Crippen LogP contribution >= 0.6 is 23.2 Å². The standard InChI is InChI=1S/C26H27Cl2FN2O2/c1-32-25-14-19(13-23(28)26(25)33-17-18-5-7-20(29)8-6-18)16-30-21-9-10-24(22(27)15-21)31-11-3-2-4-12-31/h5-10,13-15,30H,2-4,11-12,16-17H2,1H3. The van der Waals surface area contributed by atoms with Crippen molar-refractivity contribution in [1.29, 1.82) is 0 Å². The quantitative estimate of drug-likeness (QED) is 0.360. The molecule has 0 radical (unpaired) electrons. The molecule has 174 valence electrons. The Balaban J connectivity index is 1.41. The minimum atomic E-state index is -0.284. The number of benzene rings is 3. The zero-order chi connectivity index (χ0) is 23.2. The number of nitrogens with one attached hydrogen (secondary N) is 1. The third kappa shape index (κ3) is 6.04. The first-order chi connectivity index (χ1) is 16.0. The molecule has 1 fully saturated rings. The highest BCUT2D eigenvalue weighted by Gasteiger charge is 2.15. The van der Waals surface area contributed by atoms with E-state index in [2.05, 4.69) is 22.3 Å². The van der Waals surface area contributed by atoms with E-state index in [9.17, 15) is 4.39 Å². The Morgan fingerprint density at radius 1 is 0.909 bits per heavy atom. The van der Waals surface area contributed by atoms with E-state index in [0.717, 1.165) is 40.6 Å². The van der Waals surface area contributed by atoms with Crippen molar-refractivity contribution in [3.63, 3.8) is 0 Å². The first-order valence-corrected chi connectivity index (χ1v) is 11.8. The predicted molar refractivity (Wildman–Crippen MR) is 134 cm³/mol. The molecular formula is C26H27Cl2FN2O2. The Bertz CT molecular complexity index is 1090. The molecule has 0 unspecified atom stereocenters. The van der Waals surface area contributed by atoms with E-state index in [1.54, 1.807) is 19.2 Å². The molecule has 0 aliphatic carbocycles. The van der Waals surface area contributed by atoms with Crippen LogP contribution in [0.25, 0.3) is 0 Å². The largest absolute Gasteiger partial charge is 0.493 e. The molecule has 4 rings (SSSR count). The lowest BCUT2D eigenvalue weighted by atomic mass is 10.1. The number of halogens is 3. The van der Waals surface area contributed by atoms with Crippen LogP contribution in [0.15, 0.2) is 54.6 Å². The van der Waals surface area contributed by atoms with Crippen molar-refractivity contribution in [2.45, 2.75) is 32.4 Å². The maximum Gasteiger partial charge on any atom is 0.180 e. The summed E-state index contributed by atoms with van der Waals surface area (Å²) in [4.78, 5) is 2.35. The SMILES string of the molecule is COc1cc(CNc2ccc(N3CCCCC3)c(Cl)c2)cc(Cl)c1OCc1ccc(F)cc1. The predicted octanol–water partition coefficient (Wildman–Crippen LogP) is 7.32. The highest BCUT2D eigenvalue weighted by molar-refractivity contribution is 6.33. The fourth-order valence-electron chi connectivity index (χ4n) is 3.96. The maximum atomic E-state index is 13.1. The zero-order valence-electron chi connectivity index (χ0n) is 18.5. The lowest BCUT2D eigenvalue weighted by Crippen LogP contribution is -2.29. The number of rotatable bonds is 8. The smallest absolute Gasteiger partial charge is 0.180 e. The summed E-state index contributed by atoms with van der Waals surface area (Å²) in [5.74, 6) is 0.717. The van der Waals surface area contributed by atoms with Gasteiger partial charge in [-0.2, -0.15) is 0 Å². The number of ether oxygens (including phenoxy) is 2. The van der Waals surface area contributed by atoms with Gasteiger partial charge in [0.25, 0.3) is 0 Å². The number of methoxy groups -OCH3 is 1. The molecule has 0 saturated carbocycles. The van der Waals surface area contributed by atoms with Crippen LogP contribution in [0.4, 0.5) is 15.8 Å². The number of anilines is 2. The van der Waals surface area contributed by atoms with Crippen LogP contribution in [-0.4, -0.2) is 20.2 Å². The average Bonchev–Trinajstić information content (AvgIpc) is 2.83. The van der Waals surface area contributed by atoms with Crippen molar-refractivity contribution in [3.05, 3.63) is 81.6 Å². The summed E-state index contributed by atoms with van der Waals surface area (Å²) in [6.45, 7) is 2.92. The van der Waals surface area contributed by atoms with E-state index in [-0.39, 0.29) is 12.4 Å². The zero-order valence-corrected chi connectivity index (χ0v) is 20.1. The molecule has 1 N–H and O–H groups in total. The summed E-state index contributed by atoms with van der Waals surface area (Å²) in [5, 5.41) is 4.60. The molecule has 1 aliphatic heterocycles. The number of nitrogens with zero attached hydrogens (tertiary/aromatic N) is 1. The Morgan fingerprint density at radius 3 is 2.36 bits per heavy atom. The molecule has 0 aromatic heterocycles. The van der Waals surface area contributed by atoms with Gasteiger partial charge in [0.15, 0.2) is 11.5 Å². The first-order valence-electron chi connectivity index (χ1n) is 11.1. The van der Waals surface area contributed by atoms with Gasteiger partial charge < -0.3 is 19.7 Å². The summed E-state index contributed by atoms with van der Waals surface area (Å²) in [5.41, 5.74) is 3.81. The molecule has 0 atom stereocenters. The third-order valence-corrected chi connectivity index (χ3v) is 6.31. The van der Waals surface area contributed by atoms with Crippen molar-refractivity contribution < 1.29 is 13.9 Å². The van der Waals surface area contributed by atoms with Gasteiger partial charge in [-0.25, -0.2) is 4.39 Å². The molecule has 3 aromatic carbocycles. The van der Waals surface area contributed by atoms with Crippen molar-refractivity contribution in [2.24, 2.45) is 0 Å². The van der Waals surface area contributed by atoms with Gasteiger partial charge in [-0.15, -0.1) is 0 Å². The van der Waals surface area contributed by atoms with E-state index >= 15 is 0 Å². The summed E-state index contributed by atoms with van der Waals surface area (Å²) in [6.07, 6.45) is 3.71. The van der Waals surface area contributed by atoms with Gasteiger partial charge in [-0.1, -0.05) is 35.3 Å². The van der Waals surface area contributed by atoms with Gasteiger partial charge >= 0.3 is 0 Å². The number of hydrogen-bond acceptors (Lipinski definition) is 4. The van der Waals surface area contributed by atoms with Crippen molar-refractivity contribution >= 4 is 34.6 Å². The van der Waals surface area contributed by atoms with Crippen LogP contribution in [0.2, 0.25) is 10.0 Å². The number of hydrogen-bond donors (Lipinski definition) is 1. The van der Waals surface area contributed by atoms with Gasteiger partial charge in [0, 0.05) is 25.3 Å². The lowest BCUT2D eigenvalue weighted by molar-refractivity contribution is 0.284. The molecule has 1 heterocycles. The normalized spacial score (nSPS) is 13.6. The molecule has 3 aromatic rings. The highest BCUT2D eigenvalue weighted by atomic mass is 35.5. The molecule has 0 spiro atoms. The van der Waals surface area contributed by atoms with Crippen molar-refractivity contribution in [2.75, 3.05) is 30.4 Å². The van der Waals surface area contributed by atoms with Gasteiger partial charge in [-0.3, -0.25) is 0 Å². The summed E-state index contributed by atoms with van der Waals surface area (Å²) in [6, 6.07) is 16.0. The van der Waals surface area contributed by atoms with E-state index in [0.29, 0.717) is 23.1 Å².